The standard InChI is InChI=1S/C18H13NO4S/c1-23-17(21)13-9-7-12(8-10-13)11-15-16(20)19(18(22)24-15)14-5-3-2-4-6-14/h2-11H,1H3. The fraction of sp³-hybridized carbons (Fsp3) is 0.0556. The SMILES string of the molecule is COC(=O)c1ccc(C=C2SC(=O)N(c3ccccc3)C2=O)cc1. The van der Waals surface area contributed by atoms with Crippen LogP contribution in [0.15, 0.2) is 59.5 Å². The highest BCUT2D eigenvalue weighted by atomic mass is 32.2. The zero-order chi connectivity index (χ0) is 17.1. The van der Waals surface area contributed by atoms with Gasteiger partial charge in [-0.2, -0.15) is 0 Å². The van der Waals surface area contributed by atoms with Crippen molar-refractivity contribution < 1.29 is 19.1 Å². The average Bonchev–Trinajstić information content (AvgIpc) is 2.89. The van der Waals surface area contributed by atoms with Crippen LogP contribution < -0.4 is 4.90 Å². The van der Waals surface area contributed by atoms with Crippen LogP contribution in [0.2, 0.25) is 0 Å². The molecule has 0 spiro atoms. The number of carbonyl (C=O) groups excluding carboxylic acids is 3. The molecule has 1 fully saturated rings. The molecule has 0 aliphatic carbocycles. The van der Waals surface area contributed by atoms with E-state index in [2.05, 4.69) is 4.74 Å². The second kappa shape index (κ2) is 6.72. The van der Waals surface area contributed by atoms with Gasteiger partial charge < -0.3 is 4.74 Å². The van der Waals surface area contributed by atoms with Crippen molar-refractivity contribution in [3.8, 4) is 0 Å². The first-order valence-electron chi connectivity index (χ1n) is 7.11. The van der Waals surface area contributed by atoms with Crippen molar-refractivity contribution in [2.24, 2.45) is 0 Å². The third-order valence-electron chi connectivity index (χ3n) is 3.44. The quantitative estimate of drug-likeness (QED) is 0.630. The van der Waals surface area contributed by atoms with Gasteiger partial charge in [0.15, 0.2) is 0 Å². The smallest absolute Gasteiger partial charge is 0.337 e. The van der Waals surface area contributed by atoms with E-state index in [0.717, 1.165) is 22.2 Å². The van der Waals surface area contributed by atoms with E-state index in [1.54, 1.807) is 54.6 Å². The van der Waals surface area contributed by atoms with Crippen molar-refractivity contribution in [3.63, 3.8) is 0 Å². The minimum absolute atomic E-state index is 0.330. The summed E-state index contributed by atoms with van der Waals surface area (Å²) in [5, 5.41) is -0.330. The van der Waals surface area contributed by atoms with E-state index in [0.29, 0.717) is 16.2 Å². The molecule has 5 nitrogen and oxygen atoms in total. The van der Waals surface area contributed by atoms with Crippen molar-refractivity contribution in [2.75, 3.05) is 12.0 Å². The van der Waals surface area contributed by atoms with Gasteiger partial charge in [-0.1, -0.05) is 30.3 Å². The number of nitrogens with zero attached hydrogens (tertiary/aromatic N) is 1. The predicted molar refractivity (Wildman–Crippen MR) is 92.7 cm³/mol. The summed E-state index contributed by atoms with van der Waals surface area (Å²) in [4.78, 5) is 37.5. The maximum Gasteiger partial charge on any atom is 0.337 e. The van der Waals surface area contributed by atoms with Crippen LogP contribution >= 0.6 is 11.8 Å². The Morgan fingerprint density at radius 3 is 2.33 bits per heavy atom. The van der Waals surface area contributed by atoms with Crippen LogP contribution in [0.25, 0.3) is 6.08 Å². The average molecular weight is 339 g/mol. The van der Waals surface area contributed by atoms with Crippen molar-refractivity contribution in [2.45, 2.75) is 0 Å². The highest BCUT2D eigenvalue weighted by Gasteiger charge is 2.36. The van der Waals surface area contributed by atoms with Crippen molar-refractivity contribution in [3.05, 3.63) is 70.6 Å². The molecule has 6 heteroatoms. The maximum atomic E-state index is 12.5. The lowest BCUT2D eigenvalue weighted by Crippen LogP contribution is -2.27. The number of anilines is 1. The summed E-state index contributed by atoms with van der Waals surface area (Å²) < 4.78 is 4.64. The largest absolute Gasteiger partial charge is 0.465 e. The summed E-state index contributed by atoms with van der Waals surface area (Å²) in [5.74, 6) is -0.779. The van der Waals surface area contributed by atoms with Crippen molar-refractivity contribution >= 4 is 40.6 Å². The molecular weight excluding hydrogens is 326 g/mol. The van der Waals surface area contributed by atoms with Crippen LogP contribution in [-0.2, 0) is 9.53 Å². The molecule has 0 N–H and O–H groups in total. The number of benzene rings is 2. The molecule has 0 bridgehead atoms. The maximum absolute atomic E-state index is 12.5. The number of methoxy groups -OCH3 is 1. The molecule has 120 valence electrons. The van der Waals surface area contributed by atoms with Gasteiger partial charge in [-0.05, 0) is 47.7 Å². The number of amides is 2. The lowest BCUT2D eigenvalue weighted by atomic mass is 10.1. The molecule has 0 unspecified atom stereocenters. The molecule has 2 amide bonds. The van der Waals surface area contributed by atoms with Crippen molar-refractivity contribution in [1.29, 1.82) is 0 Å². The number of para-hydroxylation sites is 1. The van der Waals surface area contributed by atoms with E-state index in [1.165, 1.54) is 7.11 Å². The zero-order valence-electron chi connectivity index (χ0n) is 12.8. The van der Waals surface area contributed by atoms with Gasteiger partial charge in [-0.25, -0.2) is 9.69 Å². The molecule has 1 aliphatic heterocycles. The third kappa shape index (κ3) is 3.09. The van der Waals surface area contributed by atoms with Gasteiger partial charge in [0.25, 0.3) is 11.1 Å². The number of hydrogen-bond acceptors (Lipinski definition) is 5. The van der Waals surface area contributed by atoms with Crippen molar-refractivity contribution in [1.82, 2.24) is 0 Å². The number of ether oxygens (including phenoxy) is 1. The summed E-state index contributed by atoms with van der Waals surface area (Å²) in [7, 11) is 1.32. The van der Waals surface area contributed by atoms with Crippen LogP contribution in [0.4, 0.5) is 10.5 Å². The minimum Gasteiger partial charge on any atom is -0.465 e. The van der Waals surface area contributed by atoms with Gasteiger partial charge in [0.2, 0.25) is 0 Å². The van der Waals surface area contributed by atoms with E-state index < -0.39 is 5.97 Å². The Morgan fingerprint density at radius 1 is 1.04 bits per heavy atom. The lowest BCUT2D eigenvalue weighted by Gasteiger charge is -2.11. The molecule has 2 aromatic rings. The molecular formula is C18H13NO4S. The summed E-state index contributed by atoms with van der Waals surface area (Å²) >= 11 is 0.893. The van der Waals surface area contributed by atoms with E-state index in [1.807, 2.05) is 6.07 Å². The topological polar surface area (TPSA) is 63.7 Å². The Hall–Kier alpha value is -2.86. The third-order valence-corrected chi connectivity index (χ3v) is 4.31. The molecule has 0 aromatic heterocycles. The number of thioether (sulfide) groups is 1. The molecule has 3 rings (SSSR count). The molecule has 0 atom stereocenters. The first-order valence-corrected chi connectivity index (χ1v) is 7.93. The van der Waals surface area contributed by atoms with Gasteiger partial charge >= 0.3 is 5.97 Å². The van der Waals surface area contributed by atoms with Gasteiger partial charge in [-0.15, -0.1) is 0 Å². The normalized spacial score (nSPS) is 15.9. The fourth-order valence-electron chi connectivity index (χ4n) is 2.25. The Labute approximate surface area is 142 Å². The van der Waals surface area contributed by atoms with Crippen LogP contribution in [0.1, 0.15) is 15.9 Å². The predicted octanol–water partition coefficient (Wildman–Crippen LogP) is 3.71. The van der Waals surface area contributed by atoms with Crippen LogP contribution in [0.3, 0.4) is 0 Å². The monoisotopic (exact) mass is 339 g/mol. The molecule has 0 radical (unpaired) electrons. The Morgan fingerprint density at radius 2 is 1.71 bits per heavy atom. The van der Waals surface area contributed by atoms with E-state index in [4.69, 9.17) is 0 Å². The van der Waals surface area contributed by atoms with Gasteiger partial charge in [-0.3, -0.25) is 9.59 Å². The highest BCUT2D eigenvalue weighted by molar-refractivity contribution is 8.19. The van der Waals surface area contributed by atoms with Gasteiger partial charge in [0.05, 0.1) is 23.3 Å². The van der Waals surface area contributed by atoms with Crippen LogP contribution in [-0.4, -0.2) is 24.2 Å². The Kier molecular flexibility index (Phi) is 4.48. The van der Waals surface area contributed by atoms with Crippen LogP contribution in [0.5, 0.6) is 0 Å². The summed E-state index contributed by atoms with van der Waals surface area (Å²) in [5.41, 5.74) is 1.69. The Bertz CT molecular complexity index is 828. The van der Waals surface area contributed by atoms with E-state index in [9.17, 15) is 14.4 Å². The lowest BCUT2D eigenvalue weighted by molar-refractivity contribution is -0.113. The van der Waals surface area contributed by atoms with E-state index >= 15 is 0 Å². The fourth-order valence-corrected chi connectivity index (χ4v) is 3.09. The molecule has 0 saturated carbocycles. The molecule has 24 heavy (non-hydrogen) atoms. The molecule has 1 saturated heterocycles. The number of carbonyl (C=O) groups is 3. The number of hydrogen-bond donors (Lipinski definition) is 0. The highest BCUT2D eigenvalue weighted by Crippen LogP contribution is 2.35. The van der Waals surface area contributed by atoms with Crippen LogP contribution in [0, 0.1) is 0 Å². The molecule has 1 heterocycles. The first-order chi connectivity index (χ1) is 11.6. The van der Waals surface area contributed by atoms with Gasteiger partial charge in [0.1, 0.15) is 0 Å². The molecule has 1 aliphatic rings. The number of rotatable bonds is 3. The van der Waals surface area contributed by atoms with Gasteiger partial charge in [0, 0.05) is 0 Å². The molecule has 2 aromatic carbocycles. The zero-order valence-corrected chi connectivity index (χ0v) is 13.6. The summed E-state index contributed by atoms with van der Waals surface area (Å²) in [6.45, 7) is 0. The number of imide groups is 1. The number of esters is 1. The van der Waals surface area contributed by atoms with E-state index in [-0.39, 0.29) is 11.1 Å². The second-order valence-corrected chi connectivity index (χ2v) is 5.96. The Balaban J connectivity index is 1.85. The minimum atomic E-state index is -0.425. The second-order valence-electron chi connectivity index (χ2n) is 4.97. The first kappa shape index (κ1) is 16.0. The summed E-state index contributed by atoms with van der Waals surface area (Å²) in [6.07, 6.45) is 1.63. The summed E-state index contributed by atoms with van der Waals surface area (Å²) in [6, 6.07) is 15.4.